The van der Waals surface area contributed by atoms with Gasteiger partial charge in [0.25, 0.3) is 5.91 Å². The van der Waals surface area contributed by atoms with Gasteiger partial charge in [-0.1, -0.05) is 11.3 Å². The molecule has 196 valence electrons. The molecule has 1 aliphatic heterocycles. The van der Waals surface area contributed by atoms with Crippen molar-refractivity contribution in [3.05, 3.63) is 48.3 Å². The molecule has 12 nitrogen and oxygen atoms in total. The summed E-state index contributed by atoms with van der Waals surface area (Å²) >= 11 is 1.24. The number of thiazole rings is 1. The van der Waals surface area contributed by atoms with E-state index in [0.717, 1.165) is 5.56 Å². The third-order valence-electron chi connectivity index (χ3n) is 5.68. The normalized spacial score (nSPS) is 14.0. The lowest BCUT2D eigenvalue weighted by Crippen LogP contribution is -2.50. The van der Waals surface area contributed by atoms with Crippen LogP contribution in [0.25, 0.3) is 21.7 Å². The zero-order valence-electron chi connectivity index (χ0n) is 21.5. The van der Waals surface area contributed by atoms with Crippen LogP contribution in [-0.2, 0) is 4.74 Å². The number of aromatic nitrogens is 6. The van der Waals surface area contributed by atoms with Crippen molar-refractivity contribution >= 4 is 44.8 Å². The Morgan fingerprint density at radius 2 is 1.74 bits per heavy atom. The maximum atomic E-state index is 13.3. The Hall–Kier alpha value is -4.26. The highest BCUT2D eigenvalue weighted by Crippen LogP contribution is 2.27. The quantitative estimate of drug-likeness (QED) is 0.414. The number of pyridine rings is 1. The number of piperazine rings is 1. The molecule has 0 spiro atoms. The highest BCUT2D eigenvalue weighted by molar-refractivity contribution is 7.21. The van der Waals surface area contributed by atoms with Gasteiger partial charge >= 0.3 is 6.09 Å². The molecule has 1 fully saturated rings. The Morgan fingerprint density at radius 3 is 2.45 bits per heavy atom. The number of nitrogens with zero attached hydrogens (tertiary/aromatic N) is 8. The Bertz CT molecular complexity index is 1480. The highest BCUT2D eigenvalue weighted by atomic mass is 32.1. The number of hydrogen-bond acceptors (Lipinski definition) is 11. The average Bonchev–Trinajstić information content (AvgIpc) is 3.29. The van der Waals surface area contributed by atoms with Gasteiger partial charge in [-0.3, -0.25) is 15.1 Å². The maximum Gasteiger partial charge on any atom is 0.410 e. The minimum absolute atomic E-state index is 0.318. The summed E-state index contributed by atoms with van der Waals surface area (Å²) in [5, 5.41) is 3.22. The van der Waals surface area contributed by atoms with Crippen LogP contribution in [0, 0.1) is 6.92 Å². The first kappa shape index (κ1) is 25.4. The van der Waals surface area contributed by atoms with Crippen LogP contribution in [0.15, 0.2) is 36.9 Å². The molecule has 0 saturated carbocycles. The van der Waals surface area contributed by atoms with E-state index in [-0.39, 0.29) is 12.0 Å². The molecule has 38 heavy (non-hydrogen) atoms. The van der Waals surface area contributed by atoms with Gasteiger partial charge in [0.1, 0.15) is 22.8 Å². The molecule has 0 aromatic carbocycles. The van der Waals surface area contributed by atoms with Crippen molar-refractivity contribution in [3.8, 4) is 11.3 Å². The first-order chi connectivity index (χ1) is 18.2. The second-order valence-electron chi connectivity index (χ2n) is 9.70. The van der Waals surface area contributed by atoms with E-state index < -0.39 is 5.60 Å². The van der Waals surface area contributed by atoms with Crippen molar-refractivity contribution in [1.82, 2.24) is 34.8 Å². The van der Waals surface area contributed by atoms with Gasteiger partial charge in [-0.2, -0.15) is 4.98 Å². The monoisotopic (exact) mass is 533 g/mol. The van der Waals surface area contributed by atoms with E-state index in [1.165, 1.54) is 17.5 Å². The van der Waals surface area contributed by atoms with Crippen LogP contribution in [0.3, 0.4) is 0 Å². The molecular weight excluding hydrogens is 506 g/mol. The fraction of sp³-hybridized carbons (Fsp3) is 0.360. The van der Waals surface area contributed by atoms with E-state index in [0.29, 0.717) is 64.7 Å². The van der Waals surface area contributed by atoms with Crippen LogP contribution in [-0.4, -0.2) is 78.6 Å². The number of ether oxygens (including phenoxy) is 1. The minimum atomic E-state index is -0.560. The Balaban J connectivity index is 1.31. The molecule has 0 radical (unpaired) electrons. The number of amides is 2. The molecule has 0 aliphatic carbocycles. The summed E-state index contributed by atoms with van der Waals surface area (Å²) in [5.41, 5.74) is 1.79. The molecule has 5 rings (SSSR count). The molecule has 5 heterocycles. The van der Waals surface area contributed by atoms with E-state index in [1.807, 2.05) is 37.8 Å². The van der Waals surface area contributed by atoms with Gasteiger partial charge < -0.3 is 14.5 Å². The third-order valence-corrected chi connectivity index (χ3v) is 6.54. The van der Waals surface area contributed by atoms with Crippen molar-refractivity contribution in [2.45, 2.75) is 33.3 Å². The fourth-order valence-corrected chi connectivity index (χ4v) is 4.68. The number of carbonyl (C=O) groups is 2. The second kappa shape index (κ2) is 10.2. The van der Waals surface area contributed by atoms with Crippen molar-refractivity contribution in [3.63, 3.8) is 0 Å². The van der Waals surface area contributed by atoms with Crippen LogP contribution in [0.5, 0.6) is 0 Å². The van der Waals surface area contributed by atoms with Crippen LogP contribution >= 0.6 is 11.3 Å². The van der Waals surface area contributed by atoms with Crippen molar-refractivity contribution < 1.29 is 14.3 Å². The number of hydrogen-bond donors (Lipinski definition) is 1. The lowest BCUT2D eigenvalue weighted by molar-refractivity contribution is 0.0240. The first-order valence-corrected chi connectivity index (χ1v) is 12.9. The molecule has 0 bridgehead atoms. The van der Waals surface area contributed by atoms with Gasteiger partial charge in [0.2, 0.25) is 0 Å². The van der Waals surface area contributed by atoms with Gasteiger partial charge in [-0.05, 0) is 39.8 Å². The first-order valence-electron chi connectivity index (χ1n) is 12.1. The number of rotatable bonds is 4. The Morgan fingerprint density at radius 1 is 1.00 bits per heavy atom. The summed E-state index contributed by atoms with van der Waals surface area (Å²) in [4.78, 5) is 56.2. The summed E-state index contributed by atoms with van der Waals surface area (Å²) in [6, 6.07) is 3.71. The molecule has 0 unspecified atom stereocenters. The van der Waals surface area contributed by atoms with Crippen molar-refractivity contribution in [2.24, 2.45) is 0 Å². The number of aryl methyl sites for hydroxylation is 1. The number of anilines is 2. The van der Waals surface area contributed by atoms with Crippen LogP contribution < -0.4 is 10.2 Å². The van der Waals surface area contributed by atoms with Gasteiger partial charge in [-0.25, -0.2) is 24.7 Å². The lowest BCUT2D eigenvalue weighted by Gasteiger charge is -2.36. The van der Waals surface area contributed by atoms with Crippen LogP contribution in [0.4, 0.5) is 15.7 Å². The molecule has 2 amide bonds. The van der Waals surface area contributed by atoms with Gasteiger partial charge in [0, 0.05) is 50.3 Å². The Labute approximate surface area is 223 Å². The Kier molecular flexibility index (Phi) is 6.85. The lowest BCUT2D eigenvalue weighted by atomic mass is 10.2. The fourth-order valence-electron chi connectivity index (χ4n) is 3.89. The summed E-state index contributed by atoms with van der Waals surface area (Å²) in [6.45, 7) is 9.20. The molecular formula is C25H27N9O3S. The average molecular weight is 534 g/mol. The largest absolute Gasteiger partial charge is 0.444 e. The van der Waals surface area contributed by atoms with Crippen molar-refractivity contribution in [2.75, 3.05) is 36.4 Å². The van der Waals surface area contributed by atoms with Gasteiger partial charge in [-0.15, -0.1) is 0 Å². The van der Waals surface area contributed by atoms with Crippen LogP contribution in [0.2, 0.25) is 0 Å². The highest BCUT2D eigenvalue weighted by Gasteiger charge is 2.28. The van der Waals surface area contributed by atoms with E-state index in [1.54, 1.807) is 30.4 Å². The van der Waals surface area contributed by atoms with Gasteiger partial charge in [0.15, 0.2) is 15.6 Å². The predicted molar refractivity (Wildman–Crippen MR) is 143 cm³/mol. The number of carbonyl (C=O) groups excluding carboxylic acids is 2. The van der Waals surface area contributed by atoms with Crippen LogP contribution in [0.1, 0.15) is 37.0 Å². The van der Waals surface area contributed by atoms with E-state index >= 15 is 0 Å². The SMILES string of the molecule is Cc1ncc(C(=O)Nc2nc3ncc(-c4ccncc4)nc3s2)c(N2CCN(C(=O)OC(C)(C)C)CC2)n1. The predicted octanol–water partition coefficient (Wildman–Crippen LogP) is 3.56. The third kappa shape index (κ3) is 5.67. The second-order valence-corrected chi connectivity index (χ2v) is 10.7. The number of fused-ring (bicyclic) bond motifs is 1. The smallest absolute Gasteiger partial charge is 0.410 e. The van der Waals surface area contributed by atoms with Crippen molar-refractivity contribution in [1.29, 1.82) is 0 Å². The van der Waals surface area contributed by atoms with E-state index in [2.05, 4.69) is 35.2 Å². The van der Waals surface area contributed by atoms with Gasteiger partial charge in [0.05, 0.1) is 11.9 Å². The molecule has 0 atom stereocenters. The summed E-state index contributed by atoms with van der Waals surface area (Å²) in [5.74, 6) is 0.669. The van der Waals surface area contributed by atoms with E-state index in [4.69, 9.17) is 4.74 Å². The maximum absolute atomic E-state index is 13.3. The summed E-state index contributed by atoms with van der Waals surface area (Å²) < 4.78 is 5.48. The molecule has 13 heteroatoms. The zero-order valence-corrected chi connectivity index (χ0v) is 22.3. The molecule has 1 saturated heterocycles. The topological polar surface area (TPSA) is 139 Å². The molecule has 1 aliphatic rings. The van der Waals surface area contributed by atoms with E-state index in [9.17, 15) is 9.59 Å². The molecule has 1 N–H and O–H groups in total. The molecule has 4 aromatic heterocycles. The number of nitrogens with one attached hydrogen (secondary N) is 1. The standard InChI is InChI=1S/C25H27N9O3S/c1-15-27-13-17(20(29-15)33-9-11-34(12-10-33)24(36)37-25(2,3)4)21(35)32-23-31-19-22(38-23)30-18(14-28-19)16-5-7-26-8-6-16/h5-8,13-14H,9-12H2,1-4H3,(H,28,31,32,35). The summed E-state index contributed by atoms with van der Waals surface area (Å²) in [7, 11) is 0. The minimum Gasteiger partial charge on any atom is -0.444 e. The molecule has 4 aromatic rings. The zero-order chi connectivity index (χ0) is 26.9. The summed E-state index contributed by atoms with van der Waals surface area (Å²) in [6.07, 6.45) is 6.19.